The van der Waals surface area contributed by atoms with E-state index in [1.165, 1.54) is 12.0 Å². The first kappa shape index (κ1) is 10.5. The largest absolute Gasteiger partial charge is 0.316 e. The first-order chi connectivity index (χ1) is 6.12. The van der Waals surface area contributed by atoms with Crippen molar-refractivity contribution in [2.45, 2.75) is 26.7 Å². The molecule has 0 amide bonds. The van der Waals surface area contributed by atoms with Gasteiger partial charge >= 0.3 is 0 Å². The van der Waals surface area contributed by atoms with Crippen LogP contribution in [0.1, 0.15) is 26.7 Å². The fourth-order valence-corrected chi connectivity index (χ4v) is 2.29. The van der Waals surface area contributed by atoms with E-state index >= 15 is 0 Å². The quantitative estimate of drug-likeness (QED) is 0.654. The molecule has 1 heterocycles. The van der Waals surface area contributed by atoms with Gasteiger partial charge < -0.3 is 5.32 Å². The molecule has 0 spiro atoms. The van der Waals surface area contributed by atoms with Crippen molar-refractivity contribution in [3.05, 3.63) is 24.8 Å². The smallest absolute Gasteiger partial charge is 0.00169 e. The molecule has 0 saturated carbocycles. The average Bonchev–Trinajstić information content (AvgIpc) is 2.53. The van der Waals surface area contributed by atoms with Gasteiger partial charge in [0.15, 0.2) is 0 Å². The van der Waals surface area contributed by atoms with Crippen LogP contribution < -0.4 is 5.32 Å². The van der Waals surface area contributed by atoms with E-state index in [1.54, 1.807) is 0 Å². The first-order valence-electron chi connectivity index (χ1n) is 5.09. The lowest BCUT2D eigenvalue weighted by Gasteiger charge is -2.34. The predicted molar refractivity (Wildman–Crippen MR) is 58.7 cm³/mol. The molecule has 13 heavy (non-hydrogen) atoms. The Morgan fingerprint density at radius 3 is 2.77 bits per heavy atom. The van der Waals surface area contributed by atoms with E-state index < -0.39 is 0 Å². The van der Waals surface area contributed by atoms with Crippen molar-refractivity contribution in [1.82, 2.24) is 5.32 Å². The zero-order valence-corrected chi connectivity index (χ0v) is 8.90. The van der Waals surface area contributed by atoms with Crippen LogP contribution in [0.3, 0.4) is 0 Å². The molecule has 1 fully saturated rings. The van der Waals surface area contributed by atoms with Gasteiger partial charge in [-0.25, -0.2) is 0 Å². The van der Waals surface area contributed by atoms with E-state index in [-0.39, 0.29) is 0 Å². The molecule has 0 aromatic heterocycles. The lowest BCUT2D eigenvalue weighted by molar-refractivity contribution is 0.236. The SMILES string of the molecule is C=CCC1([C@@H](C)C(=C)C)CCNC1. The molecule has 0 aromatic carbocycles. The molecule has 74 valence electrons. The molecule has 2 atom stereocenters. The van der Waals surface area contributed by atoms with Crippen molar-refractivity contribution in [3.63, 3.8) is 0 Å². The maximum atomic E-state index is 4.06. The molecule has 1 rings (SSSR count). The highest BCUT2D eigenvalue weighted by Crippen LogP contribution is 2.40. The van der Waals surface area contributed by atoms with Crippen LogP contribution >= 0.6 is 0 Å². The molecule has 1 aliphatic rings. The molecule has 1 heteroatoms. The molecule has 0 radical (unpaired) electrons. The van der Waals surface area contributed by atoms with Crippen LogP contribution in [-0.2, 0) is 0 Å². The molecule has 0 aromatic rings. The van der Waals surface area contributed by atoms with Crippen molar-refractivity contribution < 1.29 is 0 Å². The third-order valence-corrected chi connectivity index (χ3v) is 3.49. The molecule has 1 aliphatic heterocycles. The van der Waals surface area contributed by atoms with Crippen LogP contribution in [0.2, 0.25) is 0 Å². The van der Waals surface area contributed by atoms with E-state index in [9.17, 15) is 0 Å². The van der Waals surface area contributed by atoms with Gasteiger partial charge in [0, 0.05) is 6.54 Å². The fourth-order valence-electron chi connectivity index (χ4n) is 2.29. The Balaban J connectivity index is 2.76. The molecule has 0 bridgehead atoms. The lowest BCUT2D eigenvalue weighted by atomic mass is 9.70. The van der Waals surface area contributed by atoms with Crippen LogP contribution in [0.4, 0.5) is 0 Å². The van der Waals surface area contributed by atoms with Crippen LogP contribution in [0.25, 0.3) is 0 Å². The Morgan fingerprint density at radius 2 is 2.38 bits per heavy atom. The van der Waals surface area contributed by atoms with Gasteiger partial charge in [-0.05, 0) is 37.6 Å². The van der Waals surface area contributed by atoms with E-state index in [0.29, 0.717) is 11.3 Å². The summed E-state index contributed by atoms with van der Waals surface area (Å²) >= 11 is 0. The van der Waals surface area contributed by atoms with Crippen LogP contribution in [0.5, 0.6) is 0 Å². The Labute approximate surface area is 81.9 Å². The van der Waals surface area contributed by atoms with Gasteiger partial charge in [0.1, 0.15) is 0 Å². The topological polar surface area (TPSA) is 12.0 Å². The second-order valence-corrected chi connectivity index (χ2v) is 4.35. The molecule has 1 nitrogen and oxygen atoms in total. The van der Waals surface area contributed by atoms with Gasteiger partial charge in [-0.1, -0.05) is 25.2 Å². The second-order valence-electron chi connectivity index (χ2n) is 4.35. The number of rotatable bonds is 4. The normalized spacial score (nSPS) is 30.0. The van der Waals surface area contributed by atoms with Crippen LogP contribution in [-0.4, -0.2) is 13.1 Å². The average molecular weight is 179 g/mol. The standard InChI is InChI=1S/C12H21N/c1-5-6-12(7-8-13-9-12)11(4)10(2)3/h5,11,13H,1-2,6-9H2,3-4H3/t11-,12?/m0/s1. The summed E-state index contributed by atoms with van der Waals surface area (Å²) in [6.07, 6.45) is 4.41. The predicted octanol–water partition coefficient (Wildman–Crippen LogP) is 2.75. The highest BCUT2D eigenvalue weighted by molar-refractivity contribution is 5.07. The van der Waals surface area contributed by atoms with Gasteiger partial charge in [-0.3, -0.25) is 0 Å². The number of nitrogens with one attached hydrogen (secondary N) is 1. The van der Waals surface area contributed by atoms with E-state index in [4.69, 9.17) is 0 Å². The van der Waals surface area contributed by atoms with Gasteiger partial charge in [0.05, 0.1) is 0 Å². The molecular weight excluding hydrogens is 158 g/mol. The van der Waals surface area contributed by atoms with Crippen molar-refractivity contribution in [1.29, 1.82) is 0 Å². The minimum absolute atomic E-state index is 0.396. The minimum Gasteiger partial charge on any atom is -0.316 e. The molecule has 1 saturated heterocycles. The third kappa shape index (κ3) is 2.02. The summed E-state index contributed by atoms with van der Waals surface area (Å²) in [6.45, 7) is 14.6. The fraction of sp³-hybridized carbons (Fsp3) is 0.667. The summed E-state index contributed by atoms with van der Waals surface area (Å²) in [5.41, 5.74) is 1.69. The van der Waals surface area contributed by atoms with Crippen molar-refractivity contribution >= 4 is 0 Å². The Kier molecular flexibility index (Phi) is 3.32. The summed E-state index contributed by atoms with van der Waals surface area (Å²) < 4.78 is 0. The van der Waals surface area contributed by atoms with Crippen molar-refractivity contribution in [3.8, 4) is 0 Å². The zero-order chi connectivity index (χ0) is 9.90. The monoisotopic (exact) mass is 179 g/mol. The molecular formula is C12H21N. The van der Waals surface area contributed by atoms with Crippen molar-refractivity contribution in [2.75, 3.05) is 13.1 Å². The van der Waals surface area contributed by atoms with E-state index in [1.807, 2.05) is 6.08 Å². The summed E-state index contributed by atoms with van der Waals surface area (Å²) in [6, 6.07) is 0. The van der Waals surface area contributed by atoms with Crippen LogP contribution in [0.15, 0.2) is 24.8 Å². The van der Waals surface area contributed by atoms with Gasteiger partial charge in [0.25, 0.3) is 0 Å². The van der Waals surface area contributed by atoms with Crippen molar-refractivity contribution in [2.24, 2.45) is 11.3 Å². The van der Waals surface area contributed by atoms with E-state index in [0.717, 1.165) is 19.5 Å². The van der Waals surface area contributed by atoms with Gasteiger partial charge in [-0.15, -0.1) is 6.58 Å². The Morgan fingerprint density at radius 1 is 1.69 bits per heavy atom. The number of hydrogen-bond acceptors (Lipinski definition) is 1. The Hall–Kier alpha value is -0.560. The number of hydrogen-bond donors (Lipinski definition) is 1. The summed E-state index contributed by atoms with van der Waals surface area (Å²) in [7, 11) is 0. The first-order valence-corrected chi connectivity index (χ1v) is 5.09. The highest BCUT2D eigenvalue weighted by Gasteiger charge is 2.37. The number of allylic oxidation sites excluding steroid dienone is 2. The maximum absolute atomic E-state index is 4.06. The maximum Gasteiger partial charge on any atom is 0.00169 e. The highest BCUT2D eigenvalue weighted by atomic mass is 14.9. The molecule has 0 aliphatic carbocycles. The summed E-state index contributed by atoms with van der Waals surface area (Å²) in [5.74, 6) is 0.598. The summed E-state index contributed by atoms with van der Waals surface area (Å²) in [4.78, 5) is 0. The van der Waals surface area contributed by atoms with Crippen LogP contribution in [0, 0.1) is 11.3 Å². The lowest BCUT2D eigenvalue weighted by Crippen LogP contribution is -2.31. The molecule has 1 N–H and O–H groups in total. The summed E-state index contributed by atoms with van der Waals surface area (Å²) in [5, 5.41) is 3.44. The van der Waals surface area contributed by atoms with Gasteiger partial charge in [-0.2, -0.15) is 0 Å². The zero-order valence-electron chi connectivity index (χ0n) is 8.90. The third-order valence-electron chi connectivity index (χ3n) is 3.49. The second kappa shape index (κ2) is 4.10. The van der Waals surface area contributed by atoms with Gasteiger partial charge in [0.2, 0.25) is 0 Å². The minimum atomic E-state index is 0.396. The van der Waals surface area contributed by atoms with E-state index in [2.05, 4.69) is 32.3 Å². The molecule has 1 unspecified atom stereocenters. The Bertz CT molecular complexity index is 199.